The largest absolute Gasteiger partial charge is 0.441 e. The number of amides is 1. The number of aromatic nitrogens is 3. The molecule has 0 aliphatic carbocycles. The molecule has 2 N–H and O–H groups in total. The van der Waals surface area contributed by atoms with E-state index in [9.17, 15) is 14.0 Å². The molecule has 2 aliphatic heterocycles. The van der Waals surface area contributed by atoms with Crippen molar-refractivity contribution in [3.8, 4) is 0 Å². The quantitative estimate of drug-likeness (QED) is 0.879. The lowest BCUT2D eigenvalue weighted by atomic mass is 10.1. The molecule has 4 rings (SSSR count). The van der Waals surface area contributed by atoms with Gasteiger partial charge in [0.2, 0.25) is 0 Å². The Hall–Kier alpha value is -3.23. The molecular formula is C17H16FN5O3. The van der Waals surface area contributed by atoms with Crippen LogP contribution < -0.4 is 10.5 Å². The van der Waals surface area contributed by atoms with Crippen LogP contribution in [0.15, 0.2) is 34.2 Å². The van der Waals surface area contributed by atoms with Crippen LogP contribution in [-0.2, 0) is 4.74 Å². The van der Waals surface area contributed by atoms with Gasteiger partial charge in [-0.2, -0.15) is 5.10 Å². The van der Waals surface area contributed by atoms with Crippen LogP contribution in [0.2, 0.25) is 0 Å². The van der Waals surface area contributed by atoms with E-state index in [2.05, 4.69) is 20.2 Å². The number of pyridine rings is 1. The molecule has 0 aromatic carbocycles. The first-order chi connectivity index (χ1) is 12.6. The number of aromatic amines is 2. The van der Waals surface area contributed by atoms with Gasteiger partial charge in [-0.15, -0.1) is 0 Å². The lowest BCUT2D eigenvalue weighted by Gasteiger charge is -2.30. The molecule has 0 saturated carbocycles. The van der Waals surface area contributed by atoms with Crippen molar-refractivity contribution in [1.29, 1.82) is 0 Å². The Morgan fingerprint density at radius 2 is 2.19 bits per heavy atom. The zero-order valence-electron chi connectivity index (χ0n) is 13.7. The molecule has 1 atom stereocenters. The molecule has 134 valence electrons. The minimum Gasteiger partial charge on any atom is -0.441 e. The van der Waals surface area contributed by atoms with Crippen LogP contribution in [0.25, 0.3) is 5.57 Å². The van der Waals surface area contributed by atoms with Gasteiger partial charge in [0, 0.05) is 43.6 Å². The molecule has 1 unspecified atom stereocenters. The fourth-order valence-electron chi connectivity index (χ4n) is 3.01. The number of aliphatic imine (C=N–C) groups is 1. The minimum atomic E-state index is -0.901. The molecule has 8 nitrogen and oxygen atoms in total. The molecule has 2 aromatic rings. The third kappa shape index (κ3) is 3.03. The van der Waals surface area contributed by atoms with E-state index in [-0.39, 0.29) is 0 Å². The van der Waals surface area contributed by atoms with E-state index in [1.165, 1.54) is 11.1 Å². The Morgan fingerprint density at radius 1 is 1.31 bits per heavy atom. The Balaban J connectivity index is 1.49. The van der Waals surface area contributed by atoms with E-state index < -0.39 is 23.6 Å². The average molecular weight is 357 g/mol. The van der Waals surface area contributed by atoms with Crippen LogP contribution in [-0.4, -0.2) is 40.6 Å². The van der Waals surface area contributed by atoms with Gasteiger partial charge in [-0.1, -0.05) is 0 Å². The number of dihydropyridines is 1. The first-order valence-electron chi connectivity index (χ1n) is 8.23. The number of carbonyl (C=O) groups is 1. The van der Waals surface area contributed by atoms with Gasteiger partial charge in [-0.25, -0.2) is 9.18 Å². The van der Waals surface area contributed by atoms with Gasteiger partial charge < -0.3 is 9.72 Å². The maximum Gasteiger partial charge on any atom is 0.416 e. The fraction of sp³-hybridized carbons (Fsp3) is 0.294. The minimum absolute atomic E-state index is 0.370. The van der Waals surface area contributed by atoms with Gasteiger partial charge in [-0.05, 0) is 24.1 Å². The van der Waals surface area contributed by atoms with E-state index in [0.29, 0.717) is 24.3 Å². The molecule has 2 aromatic heterocycles. The number of hydrogen-bond acceptors (Lipinski definition) is 5. The summed E-state index contributed by atoms with van der Waals surface area (Å²) in [5.74, 6) is -0.429. The molecule has 4 heterocycles. The summed E-state index contributed by atoms with van der Waals surface area (Å²) in [6.45, 7) is 1.10. The van der Waals surface area contributed by atoms with Gasteiger partial charge in [0.1, 0.15) is 6.10 Å². The summed E-state index contributed by atoms with van der Waals surface area (Å²) < 4.78 is 18.8. The van der Waals surface area contributed by atoms with Crippen LogP contribution in [0.3, 0.4) is 0 Å². The number of H-pyrrole nitrogens is 2. The SMILES string of the molecule is O=C1OC(c2c[nH]c(=O)c(F)c2)CCN1c1cc(C2=CC=NCC2)[nH]n1. The number of carbonyl (C=O) groups excluding carboxylic acids is 1. The van der Waals surface area contributed by atoms with Crippen molar-refractivity contribution in [3.63, 3.8) is 0 Å². The molecule has 0 bridgehead atoms. The smallest absolute Gasteiger partial charge is 0.416 e. The second-order valence-electron chi connectivity index (χ2n) is 6.06. The zero-order chi connectivity index (χ0) is 18.1. The van der Waals surface area contributed by atoms with Gasteiger partial charge in [0.15, 0.2) is 11.6 Å². The highest BCUT2D eigenvalue weighted by Crippen LogP contribution is 2.30. The number of allylic oxidation sites excluding steroid dienone is 1. The first-order valence-corrected chi connectivity index (χ1v) is 8.23. The fourth-order valence-corrected chi connectivity index (χ4v) is 3.01. The summed E-state index contributed by atoms with van der Waals surface area (Å²) in [5.41, 5.74) is 1.53. The number of ether oxygens (including phenoxy) is 1. The summed E-state index contributed by atoms with van der Waals surface area (Å²) in [7, 11) is 0. The summed E-state index contributed by atoms with van der Waals surface area (Å²) in [6.07, 6.45) is 5.12. The predicted molar refractivity (Wildman–Crippen MR) is 92.7 cm³/mol. The molecular weight excluding hydrogens is 341 g/mol. The Bertz CT molecular complexity index is 961. The van der Waals surface area contributed by atoms with Crippen LogP contribution >= 0.6 is 0 Å². The van der Waals surface area contributed by atoms with Gasteiger partial charge >= 0.3 is 6.09 Å². The lowest BCUT2D eigenvalue weighted by Crippen LogP contribution is -2.39. The zero-order valence-corrected chi connectivity index (χ0v) is 13.7. The maximum atomic E-state index is 13.4. The van der Waals surface area contributed by atoms with Crippen molar-refractivity contribution in [2.24, 2.45) is 4.99 Å². The number of hydrogen-bond donors (Lipinski definition) is 2. The Morgan fingerprint density at radius 3 is 2.92 bits per heavy atom. The number of rotatable bonds is 3. The van der Waals surface area contributed by atoms with Crippen molar-refractivity contribution in [2.45, 2.75) is 18.9 Å². The highest BCUT2D eigenvalue weighted by Gasteiger charge is 2.31. The van der Waals surface area contributed by atoms with Crippen LogP contribution in [0.4, 0.5) is 15.0 Å². The molecule has 26 heavy (non-hydrogen) atoms. The van der Waals surface area contributed by atoms with Crippen molar-refractivity contribution in [1.82, 2.24) is 15.2 Å². The molecule has 2 aliphatic rings. The average Bonchev–Trinajstić information content (AvgIpc) is 3.14. The van der Waals surface area contributed by atoms with Crippen molar-refractivity contribution < 1.29 is 13.9 Å². The second-order valence-corrected chi connectivity index (χ2v) is 6.06. The highest BCUT2D eigenvalue weighted by atomic mass is 19.1. The first kappa shape index (κ1) is 16.2. The molecule has 0 spiro atoms. The number of anilines is 1. The molecule has 1 amide bonds. The van der Waals surface area contributed by atoms with Gasteiger partial charge in [-0.3, -0.25) is 19.8 Å². The normalized spacial score (nSPS) is 20.0. The highest BCUT2D eigenvalue weighted by molar-refractivity contribution is 5.89. The number of halogens is 1. The third-order valence-corrected chi connectivity index (χ3v) is 4.41. The predicted octanol–water partition coefficient (Wildman–Crippen LogP) is 2.18. The third-order valence-electron chi connectivity index (χ3n) is 4.41. The maximum absolute atomic E-state index is 13.4. The number of nitrogens with zero attached hydrogens (tertiary/aromatic N) is 3. The van der Waals surface area contributed by atoms with E-state index >= 15 is 0 Å². The molecule has 9 heteroatoms. The summed E-state index contributed by atoms with van der Waals surface area (Å²) in [6, 6.07) is 2.89. The van der Waals surface area contributed by atoms with Gasteiger partial charge in [0.25, 0.3) is 5.56 Å². The monoisotopic (exact) mass is 357 g/mol. The van der Waals surface area contributed by atoms with E-state index in [0.717, 1.165) is 30.3 Å². The van der Waals surface area contributed by atoms with Crippen LogP contribution in [0.1, 0.15) is 30.2 Å². The molecule has 0 radical (unpaired) electrons. The van der Waals surface area contributed by atoms with Gasteiger partial charge in [0.05, 0.1) is 5.69 Å². The van der Waals surface area contributed by atoms with Crippen LogP contribution in [0, 0.1) is 5.82 Å². The Kier molecular flexibility index (Phi) is 4.11. The summed E-state index contributed by atoms with van der Waals surface area (Å²) in [4.78, 5) is 31.3. The van der Waals surface area contributed by atoms with Crippen LogP contribution in [0.5, 0.6) is 0 Å². The second kappa shape index (κ2) is 6.58. The topological polar surface area (TPSA) is 103 Å². The summed E-state index contributed by atoms with van der Waals surface area (Å²) in [5, 5.41) is 7.13. The standard InChI is InChI=1S/C17H16FN5O3/c18-12-7-11(9-20-16(12)24)14-3-6-23(17(25)26-14)15-8-13(21-22-15)10-1-4-19-5-2-10/h1,4,7-9,14H,2-3,5-6H2,(H,20,24)(H,21,22). The molecule has 1 saturated heterocycles. The number of nitrogens with one attached hydrogen (secondary N) is 2. The Labute approximate surface area is 147 Å². The lowest BCUT2D eigenvalue weighted by molar-refractivity contribution is 0.0835. The van der Waals surface area contributed by atoms with E-state index in [1.807, 2.05) is 6.08 Å². The summed E-state index contributed by atoms with van der Waals surface area (Å²) >= 11 is 0. The van der Waals surface area contributed by atoms with Crippen molar-refractivity contribution in [3.05, 3.63) is 51.8 Å². The van der Waals surface area contributed by atoms with E-state index in [1.54, 1.807) is 12.3 Å². The van der Waals surface area contributed by atoms with Crippen molar-refractivity contribution in [2.75, 3.05) is 18.0 Å². The van der Waals surface area contributed by atoms with Crippen molar-refractivity contribution >= 4 is 23.7 Å². The van der Waals surface area contributed by atoms with E-state index in [4.69, 9.17) is 4.74 Å². The molecule has 1 fully saturated rings. The number of cyclic esters (lactones) is 1.